The van der Waals surface area contributed by atoms with E-state index in [1.807, 2.05) is 0 Å². The van der Waals surface area contributed by atoms with Crippen molar-refractivity contribution in [3.05, 3.63) is 35.4 Å². The van der Waals surface area contributed by atoms with Gasteiger partial charge in [0.05, 0.1) is 12.3 Å². The summed E-state index contributed by atoms with van der Waals surface area (Å²) in [5.74, 6) is 4.99. The van der Waals surface area contributed by atoms with E-state index < -0.39 is 0 Å². The van der Waals surface area contributed by atoms with E-state index in [0.717, 1.165) is 5.56 Å². The molecule has 6 nitrogen and oxygen atoms in total. The summed E-state index contributed by atoms with van der Waals surface area (Å²) in [5.41, 5.74) is 1.40. The van der Waals surface area contributed by atoms with Crippen LogP contribution in [0, 0.1) is 0 Å². The Kier molecular flexibility index (Phi) is 5.66. The van der Waals surface area contributed by atoms with E-state index in [2.05, 4.69) is 5.10 Å². The Bertz CT molecular complexity index is 546. The number of piperidine rings is 1. The molecule has 0 unspecified atom stereocenters. The summed E-state index contributed by atoms with van der Waals surface area (Å²) in [6, 6.07) is 6.94. The van der Waals surface area contributed by atoms with Crippen LogP contribution in [0.1, 0.15) is 41.6 Å². The van der Waals surface area contributed by atoms with Gasteiger partial charge in [-0.3, -0.25) is 9.59 Å². The molecule has 1 aromatic carbocycles. The monoisotopic (exact) mass is 303 g/mol. The fourth-order valence-corrected chi connectivity index (χ4v) is 2.48. The normalized spacial score (nSPS) is 16.1. The molecule has 22 heavy (non-hydrogen) atoms. The van der Waals surface area contributed by atoms with Crippen molar-refractivity contribution in [2.45, 2.75) is 31.8 Å². The van der Waals surface area contributed by atoms with Gasteiger partial charge in [-0.1, -0.05) is 24.3 Å². The van der Waals surface area contributed by atoms with Crippen LogP contribution in [-0.4, -0.2) is 47.1 Å². The van der Waals surface area contributed by atoms with E-state index in [4.69, 9.17) is 5.84 Å². The highest BCUT2D eigenvalue weighted by molar-refractivity contribution is 5.98. The Morgan fingerprint density at radius 2 is 1.86 bits per heavy atom. The van der Waals surface area contributed by atoms with E-state index in [9.17, 15) is 14.7 Å². The molecule has 1 fully saturated rings. The van der Waals surface area contributed by atoms with E-state index in [1.165, 1.54) is 6.21 Å². The van der Waals surface area contributed by atoms with Gasteiger partial charge < -0.3 is 15.8 Å². The third-order valence-electron chi connectivity index (χ3n) is 3.84. The third kappa shape index (κ3) is 4.39. The highest BCUT2D eigenvalue weighted by atomic mass is 16.3. The zero-order valence-corrected chi connectivity index (χ0v) is 12.4. The molecule has 0 saturated carbocycles. The summed E-state index contributed by atoms with van der Waals surface area (Å²) in [6.45, 7) is 1.14. The zero-order chi connectivity index (χ0) is 15.9. The van der Waals surface area contributed by atoms with E-state index in [1.54, 1.807) is 29.2 Å². The van der Waals surface area contributed by atoms with Gasteiger partial charge in [0.2, 0.25) is 5.91 Å². The number of Topliss-reactive ketones (excluding diaryl/α,β-unsaturated/α-hetero) is 1. The van der Waals surface area contributed by atoms with E-state index in [-0.39, 0.29) is 30.6 Å². The van der Waals surface area contributed by atoms with Crippen molar-refractivity contribution in [2.75, 3.05) is 13.1 Å². The van der Waals surface area contributed by atoms with Crippen LogP contribution in [0.2, 0.25) is 0 Å². The van der Waals surface area contributed by atoms with Gasteiger partial charge in [0.15, 0.2) is 5.78 Å². The number of hydrogen-bond donors (Lipinski definition) is 2. The predicted octanol–water partition coefficient (Wildman–Crippen LogP) is 0.925. The first-order valence-electron chi connectivity index (χ1n) is 7.42. The minimum atomic E-state index is -0.304. The third-order valence-corrected chi connectivity index (χ3v) is 3.84. The van der Waals surface area contributed by atoms with Crippen LogP contribution in [0.5, 0.6) is 0 Å². The summed E-state index contributed by atoms with van der Waals surface area (Å²) in [4.78, 5) is 25.8. The minimum absolute atomic E-state index is 0.0212. The molecule has 118 valence electrons. The molecule has 1 saturated heterocycles. The fourth-order valence-electron chi connectivity index (χ4n) is 2.48. The van der Waals surface area contributed by atoms with Crippen molar-refractivity contribution >= 4 is 17.9 Å². The minimum Gasteiger partial charge on any atom is -0.393 e. The van der Waals surface area contributed by atoms with Gasteiger partial charge in [-0.2, -0.15) is 5.10 Å². The van der Waals surface area contributed by atoms with Crippen LogP contribution in [0.25, 0.3) is 0 Å². The van der Waals surface area contributed by atoms with Crippen molar-refractivity contribution in [3.8, 4) is 0 Å². The molecule has 1 aliphatic heterocycles. The SMILES string of the molecule is NN=Cc1ccc(C(=O)CCC(=O)N2CCC(O)CC2)cc1. The maximum atomic E-state index is 12.1. The molecule has 2 rings (SSSR count). The zero-order valence-electron chi connectivity index (χ0n) is 12.4. The number of nitrogens with zero attached hydrogens (tertiary/aromatic N) is 2. The maximum absolute atomic E-state index is 12.1. The average Bonchev–Trinajstić information content (AvgIpc) is 2.54. The molecule has 0 spiro atoms. The molecule has 0 atom stereocenters. The second-order valence-corrected chi connectivity index (χ2v) is 5.44. The largest absolute Gasteiger partial charge is 0.393 e. The fraction of sp³-hybridized carbons (Fsp3) is 0.438. The maximum Gasteiger partial charge on any atom is 0.223 e. The lowest BCUT2D eigenvalue weighted by Crippen LogP contribution is -2.40. The summed E-state index contributed by atoms with van der Waals surface area (Å²) >= 11 is 0. The molecular formula is C16H21N3O3. The number of hydrazone groups is 1. The van der Waals surface area contributed by atoms with Crippen molar-refractivity contribution in [2.24, 2.45) is 10.9 Å². The van der Waals surface area contributed by atoms with Gasteiger partial charge in [0.1, 0.15) is 0 Å². The van der Waals surface area contributed by atoms with Crippen LogP contribution in [0.3, 0.4) is 0 Å². The Hall–Kier alpha value is -2.21. The van der Waals surface area contributed by atoms with Gasteiger partial charge in [-0.25, -0.2) is 0 Å². The second-order valence-electron chi connectivity index (χ2n) is 5.44. The number of amides is 1. The number of aliphatic hydroxyl groups excluding tert-OH is 1. The highest BCUT2D eigenvalue weighted by Crippen LogP contribution is 2.13. The van der Waals surface area contributed by atoms with Gasteiger partial charge in [-0.05, 0) is 18.4 Å². The smallest absolute Gasteiger partial charge is 0.223 e. The molecule has 0 radical (unpaired) electrons. The van der Waals surface area contributed by atoms with Crippen molar-refractivity contribution in [1.29, 1.82) is 0 Å². The van der Waals surface area contributed by atoms with Crippen molar-refractivity contribution < 1.29 is 14.7 Å². The number of hydrogen-bond acceptors (Lipinski definition) is 5. The lowest BCUT2D eigenvalue weighted by Gasteiger charge is -2.29. The Morgan fingerprint density at radius 1 is 1.23 bits per heavy atom. The lowest BCUT2D eigenvalue weighted by molar-refractivity contribution is -0.133. The molecular weight excluding hydrogens is 282 g/mol. The number of ketones is 1. The van der Waals surface area contributed by atoms with Crippen molar-refractivity contribution in [1.82, 2.24) is 4.90 Å². The average molecular weight is 303 g/mol. The number of benzene rings is 1. The van der Waals surface area contributed by atoms with E-state index >= 15 is 0 Å². The number of nitrogens with two attached hydrogens (primary N) is 1. The number of aliphatic hydroxyl groups is 1. The summed E-state index contributed by atoms with van der Waals surface area (Å²) in [7, 11) is 0. The van der Waals surface area contributed by atoms with Gasteiger partial charge in [0.25, 0.3) is 0 Å². The Labute approximate surface area is 129 Å². The highest BCUT2D eigenvalue weighted by Gasteiger charge is 2.21. The summed E-state index contributed by atoms with van der Waals surface area (Å²) < 4.78 is 0. The standard InChI is InChI=1S/C16H21N3O3/c17-18-11-12-1-3-13(4-2-12)15(21)5-6-16(22)19-9-7-14(20)8-10-19/h1-4,11,14,20H,5-10,17H2. The molecule has 6 heteroatoms. The van der Waals surface area contributed by atoms with Crippen LogP contribution in [0.4, 0.5) is 0 Å². The molecule has 1 amide bonds. The Balaban J connectivity index is 1.83. The first-order valence-corrected chi connectivity index (χ1v) is 7.42. The van der Waals surface area contributed by atoms with Gasteiger partial charge in [-0.15, -0.1) is 0 Å². The second kappa shape index (κ2) is 7.70. The summed E-state index contributed by atoms with van der Waals surface area (Å²) in [5, 5.41) is 12.8. The molecule has 0 aromatic heterocycles. The molecule has 0 bridgehead atoms. The predicted molar refractivity (Wildman–Crippen MR) is 83.6 cm³/mol. The molecule has 1 heterocycles. The lowest BCUT2D eigenvalue weighted by atomic mass is 10.0. The quantitative estimate of drug-likeness (QED) is 0.366. The molecule has 1 aliphatic rings. The van der Waals surface area contributed by atoms with Gasteiger partial charge in [0, 0.05) is 31.5 Å². The molecule has 1 aromatic rings. The molecule has 0 aliphatic carbocycles. The van der Waals surface area contributed by atoms with Crippen LogP contribution >= 0.6 is 0 Å². The number of likely N-dealkylation sites (tertiary alicyclic amines) is 1. The number of rotatable bonds is 5. The number of carbonyl (C=O) groups is 2. The van der Waals surface area contributed by atoms with Crippen LogP contribution < -0.4 is 5.84 Å². The van der Waals surface area contributed by atoms with Crippen molar-refractivity contribution in [3.63, 3.8) is 0 Å². The first kappa shape index (κ1) is 16.2. The topological polar surface area (TPSA) is 96.0 Å². The van der Waals surface area contributed by atoms with Crippen LogP contribution in [0.15, 0.2) is 29.4 Å². The van der Waals surface area contributed by atoms with Gasteiger partial charge >= 0.3 is 0 Å². The molecule has 3 N–H and O–H groups in total. The number of carbonyl (C=O) groups excluding carboxylic acids is 2. The van der Waals surface area contributed by atoms with Crippen LogP contribution in [-0.2, 0) is 4.79 Å². The Morgan fingerprint density at radius 3 is 2.45 bits per heavy atom. The first-order chi connectivity index (χ1) is 10.6. The summed E-state index contributed by atoms with van der Waals surface area (Å²) in [6.07, 6.45) is 2.83. The van der Waals surface area contributed by atoms with E-state index in [0.29, 0.717) is 31.5 Å².